The molecule has 2 aromatic carbocycles. The van der Waals surface area contributed by atoms with Gasteiger partial charge in [0.2, 0.25) is 0 Å². The molecule has 3 unspecified atom stereocenters. The zero-order chi connectivity index (χ0) is 22.2. The highest BCUT2D eigenvalue weighted by molar-refractivity contribution is 6.03. The lowest BCUT2D eigenvalue weighted by molar-refractivity contribution is -0.122. The number of anilines is 2. The normalized spacial score (nSPS) is 20.5. The van der Waals surface area contributed by atoms with Gasteiger partial charge >= 0.3 is 11.7 Å². The summed E-state index contributed by atoms with van der Waals surface area (Å²) in [5, 5.41) is 17.3. The van der Waals surface area contributed by atoms with Gasteiger partial charge in [-0.25, -0.2) is 24.1 Å². The number of aldehydes is 1. The molecule has 1 aliphatic rings. The third-order valence-corrected chi connectivity index (χ3v) is 5.30. The van der Waals surface area contributed by atoms with Crippen LogP contribution in [0.15, 0.2) is 53.6 Å². The highest BCUT2D eigenvalue weighted by Crippen LogP contribution is 2.29. The number of nitrogens with zero attached hydrogens (tertiary/aromatic N) is 3. The summed E-state index contributed by atoms with van der Waals surface area (Å²) in [6, 6.07) is 12.7. The number of fused-ring (bicyclic) bond motifs is 2. The highest BCUT2D eigenvalue weighted by atomic mass is 16.5. The maximum atomic E-state index is 12.6. The number of aromatic nitrogens is 4. The van der Waals surface area contributed by atoms with E-state index in [0.717, 1.165) is 10.8 Å². The van der Waals surface area contributed by atoms with E-state index in [4.69, 9.17) is 4.74 Å². The molecule has 4 aromatic rings. The molecule has 0 saturated carbocycles. The molecule has 2 aromatic heterocycles. The fraction of sp³-hybridized carbons (Fsp3) is 0.190. The van der Waals surface area contributed by atoms with Crippen molar-refractivity contribution in [1.29, 1.82) is 0 Å². The van der Waals surface area contributed by atoms with Crippen LogP contribution >= 0.6 is 0 Å². The first-order chi connectivity index (χ1) is 15.5. The second-order valence-electron chi connectivity index (χ2n) is 7.36. The van der Waals surface area contributed by atoms with Gasteiger partial charge < -0.3 is 24.9 Å². The van der Waals surface area contributed by atoms with Crippen LogP contribution in [-0.4, -0.2) is 49.2 Å². The Balaban J connectivity index is 1.40. The van der Waals surface area contributed by atoms with Gasteiger partial charge in [0.1, 0.15) is 24.2 Å². The lowest BCUT2D eigenvalue weighted by Gasteiger charge is -2.11. The summed E-state index contributed by atoms with van der Waals surface area (Å²) < 4.78 is 6.65. The Hall–Kier alpha value is -4.09. The van der Waals surface area contributed by atoms with Crippen LogP contribution in [0.4, 0.5) is 16.3 Å². The molecule has 11 heteroatoms. The fourth-order valence-corrected chi connectivity index (χ4v) is 3.79. The Kier molecular flexibility index (Phi) is 4.88. The number of amides is 2. The molecule has 5 rings (SSSR count). The number of ether oxygens (including phenoxy) is 1. The zero-order valence-corrected chi connectivity index (χ0v) is 16.6. The molecular formula is C21H18N6O5. The molecule has 0 radical (unpaired) electrons. The van der Waals surface area contributed by atoms with Crippen molar-refractivity contribution < 1.29 is 19.4 Å². The first-order valence-electron chi connectivity index (χ1n) is 9.84. The van der Waals surface area contributed by atoms with Gasteiger partial charge in [0.05, 0.1) is 6.10 Å². The molecule has 3 heterocycles. The number of hydrogen-bond donors (Lipinski definition) is 4. The summed E-state index contributed by atoms with van der Waals surface area (Å²) in [6.45, 7) is 0. The van der Waals surface area contributed by atoms with E-state index in [2.05, 4.69) is 25.6 Å². The Labute approximate surface area is 180 Å². The molecule has 0 bridgehead atoms. The smallest absolute Gasteiger partial charge is 0.329 e. The quantitative estimate of drug-likeness (QED) is 0.357. The van der Waals surface area contributed by atoms with Gasteiger partial charge in [-0.2, -0.15) is 0 Å². The number of rotatable bonds is 4. The Bertz CT molecular complexity index is 1400. The molecule has 32 heavy (non-hydrogen) atoms. The maximum Gasteiger partial charge on any atom is 0.329 e. The van der Waals surface area contributed by atoms with Crippen LogP contribution in [0.3, 0.4) is 0 Å². The molecule has 2 amide bonds. The molecule has 1 saturated heterocycles. The maximum absolute atomic E-state index is 12.6. The van der Waals surface area contributed by atoms with Gasteiger partial charge in [-0.15, -0.1) is 0 Å². The first-order valence-corrected chi connectivity index (χ1v) is 9.84. The van der Waals surface area contributed by atoms with Crippen LogP contribution in [0.25, 0.3) is 21.9 Å². The van der Waals surface area contributed by atoms with E-state index in [-0.39, 0.29) is 23.4 Å². The van der Waals surface area contributed by atoms with Crippen molar-refractivity contribution in [1.82, 2.24) is 19.5 Å². The summed E-state index contributed by atoms with van der Waals surface area (Å²) in [7, 11) is 0. The molecule has 162 valence electrons. The number of carbonyl (C=O) groups is 2. The van der Waals surface area contributed by atoms with Crippen molar-refractivity contribution in [3.05, 3.63) is 59.3 Å². The highest BCUT2D eigenvalue weighted by Gasteiger charge is 2.36. The van der Waals surface area contributed by atoms with Crippen LogP contribution in [0, 0.1) is 0 Å². The van der Waals surface area contributed by atoms with Crippen molar-refractivity contribution >= 4 is 45.8 Å². The van der Waals surface area contributed by atoms with Crippen molar-refractivity contribution in [2.45, 2.75) is 24.9 Å². The molecule has 4 N–H and O–H groups in total. The predicted octanol–water partition coefficient (Wildman–Crippen LogP) is 1.76. The van der Waals surface area contributed by atoms with Crippen LogP contribution in [0.1, 0.15) is 12.6 Å². The summed E-state index contributed by atoms with van der Waals surface area (Å²) in [5.41, 5.74) is 0.390. The van der Waals surface area contributed by atoms with E-state index in [1.807, 2.05) is 36.4 Å². The average Bonchev–Trinajstić information content (AvgIpc) is 3.32. The number of H-pyrrole nitrogens is 1. The Morgan fingerprint density at radius 3 is 2.78 bits per heavy atom. The molecule has 0 spiro atoms. The number of nitrogens with one attached hydrogen (secondary N) is 3. The third kappa shape index (κ3) is 3.49. The fourth-order valence-electron chi connectivity index (χ4n) is 3.79. The van der Waals surface area contributed by atoms with E-state index in [1.54, 1.807) is 6.07 Å². The average molecular weight is 434 g/mol. The van der Waals surface area contributed by atoms with Crippen LogP contribution in [0.5, 0.6) is 0 Å². The third-order valence-electron chi connectivity index (χ3n) is 5.30. The topological polar surface area (TPSA) is 151 Å². The summed E-state index contributed by atoms with van der Waals surface area (Å²) >= 11 is 0. The molecule has 1 aliphatic heterocycles. The molecule has 3 atom stereocenters. The summed E-state index contributed by atoms with van der Waals surface area (Å²) in [4.78, 5) is 46.9. The second kappa shape index (κ2) is 7.87. The van der Waals surface area contributed by atoms with Crippen LogP contribution in [-0.2, 0) is 9.53 Å². The van der Waals surface area contributed by atoms with Gasteiger partial charge in [0.15, 0.2) is 17.8 Å². The zero-order valence-electron chi connectivity index (χ0n) is 16.6. The van der Waals surface area contributed by atoms with Gasteiger partial charge in [0, 0.05) is 12.1 Å². The number of carbonyl (C=O) groups excluding carboxylic acids is 2. The minimum Gasteiger partial charge on any atom is -0.390 e. The van der Waals surface area contributed by atoms with Crippen molar-refractivity contribution in [2.75, 3.05) is 10.6 Å². The number of benzene rings is 2. The minimum absolute atomic E-state index is 0.0471. The van der Waals surface area contributed by atoms with Crippen LogP contribution < -0.4 is 16.3 Å². The number of aliphatic hydroxyl groups is 1. The van der Waals surface area contributed by atoms with Crippen LogP contribution in [0.2, 0.25) is 0 Å². The molecule has 11 nitrogen and oxygen atoms in total. The largest absolute Gasteiger partial charge is 0.390 e. The molecular weight excluding hydrogens is 416 g/mol. The van der Waals surface area contributed by atoms with E-state index >= 15 is 0 Å². The molecule has 0 aliphatic carbocycles. The first kappa shape index (κ1) is 19.8. The Morgan fingerprint density at radius 2 is 2.00 bits per heavy atom. The SMILES string of the molecule is O=CC1OC(n2c(=O)[nH]c3c(NC(=O)Nc4ccc5ccccc5c4)ncnc32)CC1O. The summed E-state index contributed by atoms with van der Waals surface area (Å²) in [6.07, 6.45) is -1.20. The molecule has 1 fully saturated rings. The minimum atomic E-state index is -1.03. The monoisotopic (exact) mass is 434 g/mol. The van der Waals surface area contributed by atoms with Crippen molar-refractivity contribution in [3.8, 4) is 0 Å². The lowest BCUT2D eigenvalue weighted by atomic mass is 10.1. The van der Waals surface area contributed by atoms with E-state index in [0.29, 0.717) is 12.0 Å². The number of aliphatic hydroxyl groups excluding tert-OH is 1. The van der Waals surface area contributed by atoms with Gasteiger partial charge in [-0.05, 0) is 22.9 Å². The summed E-state index contributed by atoms with van der Waals surface area (Å²) in [5.74, 6) is 0.0922. The Morgan fingerprint density at radius 1 is 1.19 bits per heavy atom. The van der Waals surface area contributed by atoms with Gasteiger partial charge in [0.25, 0.3) is 0 Å². The van der Waals surface area contributed by atoms with Gasteiger partial charge in [-0.1, -0.05) is 30.3 Å². The van der Waals surface area contributed by atoms with E-state index < -0.39 is 30.2 Å². The number of urea groups is 1. The predicted molar refractivity (Wildman–Crippen MR) is 115 cm³/mol. The number of imidazole rings is 1. The van der Waals surface area contributed by atoms with Gasteiger partial charge in [-0.3, -0.25) is 5.32 Å². The standard InChI is InChI=1S/C21H18N6O5/c28-9-15-14(29)8-16(32-15)27-19-17(25-21(27)31)18(22-10-23-19)26-20(30)24-13-6-5-11-3-1-2-4-12(11)7-13/h1-7,9-10,14-16,29H,8H2,(H,25,31)(H2,22,23,24,26,30). The van der Waals surface area contributed by atoms with Crippen molar-refractivity contribution in [2.24, 2.45) is 0 Å². The number of aromatic amines is 1. The number of hydrogen-bond acceptors (Lipinski definition) is 7. The lowest BCUT2D eigenvalue weighted by Crippen LogP contribution is -2.23. The van der Waals surface area contributed by atoms with Crippen molar-refractivity contribution in [3.63, 3.8) is 0 Å². The van der Waals surface area contributed by atoms with E-state index in [1.165, 1.54) is 10.9 Å². The second-order valence-corrected chi connectivity index (χ2v) is 7.36. The van der Waals surface area contributed by atoms with E-state index in [9.17, 15) is 19.5 Å².